The average Bonchev–Trinajstić information content (AvgIpc) is 2.75. The van der Waals surface area contributed by atoms with Crippen LogP contribution in [-0.4, -0.2) is 0 Å². The molecule has 2 aliphatic rings. The summed E-state index contributed by atoms with van der Waals surface area (Å²) in [5.41, 5.74) is 12.0. The second-order valence-corrected chi connectivity index (χ2v) is 8.75. The van der Waals surface area contributed by atoms with Gasteiger partial charge in [0.25, 0.3) is 0 Å². The normalized spacial score (nSPS) is 15.9. The Hall–Kier alpha value is -1.86. The van der Waals surface area contributed by atoms with Gasteiger partial charge < -0.3 is 0 Å². The Morgan fingerprint density at radius 3 is 1.48 bits per heavy atom. The number of fused-ring (bicyclic) bond motifs is 2. The molecule has 0 saturated carbocycles. The number of hydrogen-bond donors (Lipinski definition) is 0. The molecular weight excluding hydrogens is 392 g/mol. The van der Waals surface area contributed by atoms with E-state index in [0.29, 0.717) is 0 Å². The smallest absolute Gasteiger partial charge is 0.0245 e. The Kier molecular flexibility index (Phi) is 4.65. The fourth-order valence-electron chi connectivity index (χ4n) is 5.02. The number of hydrogen-bond acceptors (Lipinski definition) is 0. The lowest BCUT2D eigenvalue weighted by Crippen LogP contribution is -2.14. The maximum atomic E-state index is 4.00. The van der Waals surface area contributed by atoms with Crippen LogP contribution in [0.15, 0.2) is 59.1 Å². The topological polar surface area (TPSA) is 0 Å². The highest BCUT2D eigenvalue weighted by Crippen LogP contribution is 2.44. The number of halogens is 1. The summed E-state index contributed by atoms with van der Waals surface area (Å²) in [6.45, 7) is 0. The van der Waals surface area contributed by atoms with Crippen molar-refractivity contribution in [1.29, 1.82) is 0 Å². The second kappa shape index (κ2) is 7.28. The van der Waals surface area contributed by atoms with Gasteiger partial charge >= 0.3 is 0 Å². The van der Waals surface area contributed by atoms with Crippen LogP contribution in [0.3, 0.4) is 0 Å². The van der Waals surface area contributed by atoms with E-state index < -0.39 is 0 Å². The Labute approximate surface area is 170 Å². The van der Waals surface area contributed by atoms with E-state index in [0.717, 1.165) is 0 Å². The summed E-state index contributed by atoms with van der Waals surface area (Å²) >= 11 is 4.00. The highest BCUT2D eigenvalue weighted by atomic mass is 79.9. The van der Waals surface area contributed by atoms with E-state index in [1.54, 1.807) is 27.8 Å². The predicted molar refractivity (Wildman–Crippen MR) is 118 cm³/mol. The molecule has 0 nitrogen and oxygen atoms in total. The fourth-order valence-corrected chi connectivity index (χ4v) is 5.89. The molecule has 0 radical (unpaired) electrons. The zero-order valence-corrected chi connectivity index (χ0v) is 17.3. The molecule has 0 bridgehead atoms. The summed E-state index contributed by atoms with van der Waals surface area (Å²) in [4.78, 5) is 0. The van der Waals surface area contributed by atoms with Crippen LogP contribution >= 0.6 is 15.9 Å². The van der Waals surface area contributed by atoms with Gasteiger partial charge in [-0.2, -0.15) is 0 Å². The van der Waals surface area contributed by atoms with E-state index >= 15 is 0 Å². The van der Waals surface area contributed by atoms with Gasteiger partial charge in [-0.25, -0.2) is 0 Å². The van der Waals surface area contributed by atoms with Crippen molar-refractivity contribution in [1.82, 2.24) is 0 Å². The summed E-state index contributed by atoms with van der Waals surface area (Å²) in [7, 11) is 0. The van der Waals surface area contributed by atoms with Crippen molar-refractivity contribution in [2.24, 2.45) is 0 Å². The summed E-state index contributed by atoms with van der Waals surface area (Å²) in [5, 5.41) is 0. The Bertz CT molecular complexity index is 930. The molecule has 0 unspecified atom stereocenters. The number of benzene rings is 3. The van der Waals surface area contributed by atoms with Crippen molar-refractivity contribution in [3.8, 4) is 22.3 Å². The van der Waals surface area contributed by atoms with Gasteiger partial charge in [0, 0.05) is 4.47 Å². The Morgan fingerprint density at radius 2 is 0.926 bits per heavy atom. The lowest BCUT2D eigenvalue weighted by atomic mass is 9.77. The van der Waals surface area contributed by atoms with Gasteiger partial charge in [-0.15, -0.1) is 0 Å². The first-order valence-corrected chi connectivity index (χ1v) is 11.1. The van der Waals surface area contributed by atoms with Crippen molar-refractivity contribution in [2.75, 3.05) is 0 Å². The first-order valence-electron chi connectivity index (χ1n) is 10.3. The van der Waals surface area contributed by atoms with Gasteiger partial charge in [0.2, 0.25) is 0 Å². The van der Waals surface area contributed by atoms with Gasteiger partial charge in [0.1, 0.15) is 0 Å². The van der Waals surface area contributed by atoms with Crippen LogP contribution in [0.25, 0.3) is 22.3 Å². The fraction of sp³-hybridized carbons (Fsp3) is 0.308. The minimum Gasteiger partial charge on any atom is -0.0622 e. The monoisotopic (exact) mass is 416 g/mol. The molecule has 136 valence electrons. The molecule has 27 heavy (non-hydrogen) atoms. The van der Waals surface area contributed by atoms with Crippen LogP contribution in [0.2, 0.25) is 0 Å². The molecule has 2 aliphatic carbocycles. The molecule has 3 aromatic carbocycles. The molecule has 0 amide bonds. The van der Waals surface area contributed by atoms with Gasteiger partial charge in [0.05, 0.1) is 0 Å². The van der Waals surface area contributed by atoms with Crippen molar-refractivity contribution >= 4 is 15.9 Å². The van der Waals surface area contributed by atoms with Crippen LogP contribution in [-0.2, 0) is 25.7 Å². The molecule has 0 N–H and O–H groups in total. The van der Waals surface area contributed by atoms with E-state index in [1.165, 1.54) is 72.5 Å². The SMILES string of the molecule is Brc1c2c(c(-c3ccc(-c4ccccc4)cc3)c3c1CCCC3)CCCC2. The molecule has 0 heterocycles. The molecule has 3 aromatic rings. The lowest BCUT2D eigenvalue weighted by Gasteiger charge is -2.29. The van der Waals surface area contributed by atoms with Crippen molar-refractivity contribution in [3.63, 3.8) is 0 Å². The van der Waals surface area contributed by atoms with Crippen LogP contribution in [0.5, 0.6) is 0 Å². The quantitative estimate of drug-likeness (QED) is 0.404. The average molecular weight is 417 g/mol. The summed E-state index contributed by atoms with van der Waals surface area (Å²) < 4.78 is 1.44. The maximum absolute atomic E-state index is 4.00. The highest BCUT2D eigenvalue weighted by Gasteiger charge is 2.26. The van der Waals surface area contributed by atoms with Crippen LogP contribution < -0.4 is 0 Å². The highest BCUT2D eigenvalue weighted by molar-refractivity contribution is 9.10. The van der Waals surface area contributed by atoms with Gasteiger partial charge in [-0.1, -0.05) is 70.5 Å². The lowest BCUT2D eigenvalue weighted by molar-refractivity contribution is 0.656. The van der Waals surface area contributed by atoms with E-state index in [2.05, 4.69) is 70.5 Å². The van der Waals surface area contributed by atoms with Gasteiger partial charge in [0.15, 0.2) is 0 Å². The molecular formula is C26H25Br. The molecule has 0 saturated heterocycles. The van der Waals surface area contributed by atoms with E-state index in [1.807, 2.05) is 0 Å². The summed E-state index contributed by atoms with van der Waals surface area (Å²) in [6, 6.07) is 20.0. The Balaban J connectivity index is 1.66. The summed E-state index contributed by atoms with van der Waals surface area (Å²) in [5.74, 6) is 0. The van der Waals surface area contributed by atoms with Crippen molar-refractivity contribution < 1.29 is 0 Å². The molecule has 0 atom stereocenters. The van der Waals surface area contributed by atoms with E-state index in [-0.39, 0.29) is 0 Å². The molecule has 5 rings (SSSR count). The second-order valence-electron chi connectivity index (χ2n) is 7.96. The van der Waals surface area contributed by atoms with Crippen LogP contribution in [0.1, 0.15) is 47.9 Å². The maximum Gasteiger partial charge on any atom is 0.0245 e. The van der Waals surface area contributed by atoms with Gasteiger partial charge in [-0.05, 0) is 95.9 Å². The standard InChI is InChI=1S/C26H25Br/c27-26-23-12-6-4-10-21(23)25(22-11-5-7-13-24(22)26)20-16-14-19(15-17-20)18-8-2-1-3-9-18/h1-3,8-9,14-17H,4-7,10-13H2. The van der Waals surface area contributed by atoms with E-state index in [4.69, 9.17) is 0 Å². The number of rotatable bonds is 2. The zero-order valence-electron chi connectivity index (χ0n) is 15.7. The third-order valence-corrected chi connectivity index (χ3v) is 7.31. The van der Waals surface area contributed by atoms with Crippen LogP contribution in [0.4, 0.5) is 0 Å². The predicted octanol–water partition coefficient (Wildman–Crippen LogP) is 7.54. The zero-order chi connectivity index (χ0) is 18.2. The first kappa shape index (κ1) is 17.3. The minimum atomic E-state index is 1.23. The molecule has 0 spiro atoms. The molecule has 1 heteroatoms. The third kappa shape index (κ3) is 3.06. The minimum absolute atomic E-state index is 1.23. The molecule has 0 aliphatic heterocycles. The van der Waals surface area contributed by atoms with Crippen molar-refractivity contribution in [2.45, 2.75) is 51.4 Å². The van der Waals surface area contributed by atoms with Crippen LogP contribution in [0, 0.1) is 0 Å². The van der Waals surface area contributed by atoms with Crippen molar-refractivity contribution in [3.05, 3.63) is 81.3 Å². The van der Waals surface area contributed by atoms with Gasteiger partial charge in [-0.3, -0.25) is 0 Å². The Morgan fingerprint density at radius 1 is 0.481 bits per heavy atom. The first-order chi connectivity index (χ1) is 13.3. The third-order valence-electron chi connectivity index (χ3n) is 6.35. The summed E-state index contributed by atoms with van der Waals surface area (Å²) in [6.07, 6.45) is 10.2. The molecule has 0 aromatic heterocycles. The van der Waals surface area contributed by atoms with E-state index in [9.17, 15) is 0 Å². The molecule has 0 fully saturated rings. The largest absolute Gasteiger partial charge is 0.0622 e.